The normalized spacial score (nSPS) is 17.4. The molecule has 0 radical (unpaired) electrons. The largest absolute Gasteiger partial charge is 0.368 e. The number of pyridine rings is 1. The summed E-state index contributed by atoms with van der Waals surface area (Å²) in [6, 6.07) is 9.93. The second-order valence-corrected chi connectivity index (χ2v) is 13.1. The third-order valence-corrected chi connectivity index (χ3v) is 9.28. The van der Waals surface area contributed by atoms with E-state index < -0.39 is 33.3 Å². The van der Waals surface area contributed by atoms with Crippen LogP contribution in [0.1, 0.15) is 26.7 Å². The number of nitrogens with zero attached hydrogens (tertiary/aromatic N) is 5. The van der Waals surface area contributed by atoms with Gasteiger partial charge in [0.15, 0.2) is 11.6 Å². The standard InChI is InChI=1S/C30H32F3N7O2S/c1-30(2)19-38(14-11-35-30)22-5-6-27(25(32)17-22)40-18-24(29(36-40)20-7-9-34-10-8-20)23-15-21(31)16-26(28(23)33)37-43(41,42)39-12-3-4-13-39/h5-10,15-18,35,37H,3-4,11-14,19H2,1-2H3. The van der Waals surface area contributed by atoms with Crippen LogP contribution in [0.25, 0.3) is 28.1 Å². The fourth-order valence-corrected chi connectivity index (χ4v) is 6.94. The molecule has 2 aliphatic rings. The minimum atomic E-state index is -4.09. The molecule has 0 amide bonds. The van der Waals surface area contributed by atoms with Gasteiger partial charge in [-0.2, -0.15) is 17.8 Å². The predicted octanol–water partition coefficient (Wildman–Crippen LogP) is 4.96. The van der Waals surface area contributed by atoms with Crippen molar-refractivity contribution < 1.29 is 21.6 Å². The van der Waals surface area contributed by atoms with E-state index in [0.717, 1.165) is 30.9 Å². The molecular formula is C30H32F3N7O2S. The van der Waals surface area contributed by atoms with Gasteiger partial charge in [0, 0.05) is 85.3 Å². The zero-order valence-electron chi connectivity index (χ0n) is 23.8. The minimum Gasteiger partial charge on any atom is -0.368 e. The van der Waals surface area contributed by atoms with E-state index in [4.69, 9.17) is 0 Å². The highest BCUT2D eigenvalue weighted by Gasteiger charge is 2.29. The first kappa shape index (κ1) is 29.1. The van der Waals surface area contributed by atoms with Crippen molar-refractivity contribution in [1.82, 2.24) is 24.4 Å². The zero-order valence-corrected chi connectivity index (χ0v) is 24.6. The van der Waals surface area contributed by atoms with Crippen molar-refractivity contribution in [1.29, 1.82) is 0 Å². The van der Waals surface area contributed by atoms with Crippen molar-refractivity contribution in [3.63, 3.8) is 0 Å². The van der Waals surface area contributed by atoms with Crippen LogP contribution in [-0.4, -0.2) is 65.8 Å². The molecule has 0 unspecified atom stereocenters. The Morgan fingerprint density at radius 1 is 0.953 bits per heavy atom. The van der Waals surface area contributed by atoms with Crippen molar-refractivity contribution in [2.75, 3.05) is 42.3 Å². The lowest BCUT2D eigenvalue weighted by Crippen LogP contribution is -2.57. The molecule has 0 atom stereocenters. The molecule has 4 aromatic rings. The highest BCUT2D eigenvalue weighted by atomic mass is 32.2. The molecule has 0 aliphatic carbocycles. The molecule has 43 heavy (non-hydrogen) atoms. The molecule has 6 rings (SSSR count). The number of hydrogen-bond acceptors (Lipinski definition) is 6. The Hall–Kier alpha value is -3.94. The van der Waals surface area contributed by atoms with Crippen LogP contribution in [0.15, 0.2) is 61.1 Å². The number of hydrogen-bond donors (Lipinski definition) is 2. The Morgan fingerprint density at radius 3 is 2.40 bits per heavy atom. The Bertz CT molecular complexity index is 1760. The van der Waals surface area contributed by atoms with Crippen molar-refractivity contribution in [2.45, 2.75) is 32.2 Å². The van der Waals surface area contributed by atoms with Crippen LogP contribution in [0.2, 0.25) is 0 Å². The lowest BCUT2D eigenvalue weighted by molar-refractivity contribution is 0.353. The SMILES string of the molecule is CC1(C)CN(c2ccc(-n3cc(-c4cc(F)cc(NS(=O)(=O)N5CCCC5)c4F)c(-c4ccncc4)n3)c(F)c2)CCN1. The molecule has 2 aromatic carbocycles. The van der Waals surface area contributed by atoms with Gasteiger partial charge in [0.05, 0.1) is 5.69 Å². The highest BCUT2D eigenvalue weighted by molar-refractivity contribution is 7.90. The Balaban J connectivity index is 1.42. The maximum Gasteiger partial charge on any atom is 0.301 e. The summed E-state index contributed by atoms with van der Waals surface area (Å²) in [4.78, 5) is 6.13. The van der Waals surface area contributed by atoms with E-state index in [1.807, 2.05) is 0 Å². The smallest absolute Gasteiger partial charge is 0.301 e. The monoisotopic (exact) mass is 611 g/mol. The number of aromatic nitrogens is 3. The van der Waals surface area contributed by atoms with Gasteiger partial charge in [-0.05, 0) is 63.1 Å². The summed E-state index contributed by atoms with van der Waals surface area (Å²) >= 11 is 0. The first-order valence-corrected chi connectivity index (χ1v) is 15.5. The lowest BCUT2D eigenvalue weighted by atomic mass is 10.0. The van der Waals surface area contributed by atoms with Crippen LogP contribution < -0.4 is 14.9 Å². The van der Waals surface area contributed by atoms with E-state index in [0.29, 0.717) is 38.0 Å². The third kappa shape index (κ3) is 5.97. The van der Waals surface area contributed by atoms with Gasteiger partial charge in [-0.25, -0.2) is 17.9 Å². The van der Waals surface area contributed by atoms with Crippen LogP contribution in [0.5, 0.6) is 0 Å². The van der Waals surface area contributed by atoms with Crippen LogP contribution in [0.4, 0.5) is 24.5 Å². The fraction of sp³-hybridized carbons (Fsp3) is 0.333. The Labute approximate surface area is 248 Å². The number of piperazine rings is 1. The van der Waals surface area contributed by atoms with Gasteiger partial charge in [0.2, 0.25) is 0 Å². The second-order valence-electron chi connectivity index (χ2n) is 11.5. The average molecular weight is 612 g/mol. The fourth-order valence-electron chi connectivity index (χ4n) is 5.65. The maximum absolute atomic E-state index is 16.0. The summed E-state index contributed by atoms with van der Waals surface area (Å²) in [7, 11) is -4.09. The summed E-state index contributed by atoms with van der Waals surface area (Å²) in [5.41, 5.74) is 0.897. The highest BCUT2D eigenvalue weighted by Crippen LogP contribution is 2.37. The first-order valence-electron chi connectivity index (χ1n) is 14.1. The summed E-state index contributed by atoms with van der Waals surface area (Å²) in [5.74, 6) is -2.36. The van der Waals surface area contributed by atoms with Gasteiger partial charge < -0.3 is 10.2 Å². The van der Waals surface area contributed by atoms with E-state index in [-0.39, 0.29) is 28.0 Å². The molecular weight excluding hydrogens is 579 g/mol. The van der Waals surface area contributed by atoms with Crippen molar-refractivity contribution in [3.05, 3.63) is 78.5 Å². The average Bonchev–Trinajstić information content (AvgIpc) is 3.66. The Morgan fingerprint density at radius 2 is 1.70 bits per heavy atom. The molecule has 0 spiro atoms. The molecule has 2 aromatic heterocycles. The number of anilines is 2. The molecule has 13 heteroatoms. The van der Waals surface area contributed by atoms with Gasteiger partial charge in [-0.15, -0.1) is 0 Å². The van der Waals surface area contributed by atoms with Crippen LogP contribution in [-0.2, 0) is 10.2 Å². The number of nitrogens with one attached hydrogen (secondary N) is 2. The van der Waals surface area contributed by atoms with E-state index in [1.54, 1.807) is 24.3 Å². The molecule has 0 bridgehead atoms. The van der Waals surface area contributed by atoms with Crippen molar-refractivity contribution in [3.8, 4) is 28.1 Å². The molecule has 4 heterocycles. The molecule has 9 nitrogen and oxygen atoms in total. The molecule has 2 fully saturated rings. The van der Waals surface area contributed by atoms with Gasteiger partial charge >= 0.3 is 10.2 Å². The quantitative estimate of drug-likeness (QED) is 0.307. The second kappa shape index (κ2) is 11.3. The van der Waals surface area contributed by atoms with Crippen molar-refractivity contribution in [2.24, 2.45) is 0 Å². The van der Waals surface area contributed by atoms with Gasteiger partial charge in [0.1, 0.15) is 17.2 Å². The Kier molecular flexibility index (Phi) is 7.65. The summed E-state index contributed by atoms with van der Waals surface area (Å²) < 4.78 is 77.0. The van der Waals surface area contributed by atoms with Crippen LogP contribution in [0.3, 0.4) is 0 Å². The molecule has 2 N–H and O–H groups in total. The van der Waals surface area contributed by atoms with E-state index in [2.05, 4.69) is 38.9 Å². The summed E-state index contributed by atoms with van der Waals surface area (Å²) in [6.07, 6.45) is 5.85. The zero-order chi connectivity index (χ0) is 30.4. The van der Waals surface area contributed by atoms with Gasteiger partial charge in [-0.1, -0.05) is 0 Å². The van der Waals surface area contributed by atoms with Crippen molar-refractivity contribution >= 4 is 21.6 Å². The number of halogens is 3. The first-order chi connectivity index (χ1) is 20.5. The maximum atomic E-state index is 16.0. The summed E-state index contributed by atoms with van der Waals surface area (Å²) in [5, 5.41) is 8.02. The third-order valence-electron chi connectivity index (χ3n) is 7.75. The van der Waals surface area contributed by atoms with Crippen LogP contribution in [0, 0.1) is 17.5 Å². The van der Waals surface area contributed by atoms with Gasteiger partial charge in [0.25, 0.3) is 0 Å². The molecule has 2 aliphatic heterocycles. The van der Waals surface area contributed by atoms with E-state index in [1.165, 1.54) is 33.6 Å². The van der Waals surface area contributed by atoms with E-state index >= 15 is 8.78 Å². The minimum absolute atomic E-state index is 0.117. The van der Waals surface area contributed by atoms with Crippen LogP contribution >= 0.6 is 0 Å². The molecule has 226 valence electrons. The topological polar surface area (TPSA) is 95.4 Å². The molecule has 0 saturated carbocycles. The molecule has 2 saturated heterocycles. The van der Waals surface area contributed by atoms with E-state index in [9.17, 15) is 12.8 Å². The number of rotatable bonds is 7. The lowest BCUT2D eigenvalue weighted by Gasteiger charge is -2.40. The summed E-state index contributed by atoms with van der Waals surface area (Å²) in [6.45, 7) is 6.97. The number of benzene rings is 2. The predicted molar refractivity (Wildman–Crippen MR) is 160 cm³/mol. The van der Waals surface area contributed by atoms with Gasteiger partial charge in [-0.3, -0.25) is 9.71 Å².